The van der Waals surface area contributed by atoms with Crippen LogP contribution in [0, 0.1) is 6.92 Å². The van der Waals surface area contributed by atoms with Crippen LogP contribution < -0.4 is 5.73 Å². The number of nitrogens with two attached hydrogens (primary N) is 1. The number of carbonyl (C=O) groups is 1. The minimum absolute atomic E-state index is 0.341. The Bertz CT molecular complexity index is 1500. The number of amides is 1. The Kier molecular flexibility index (Phi) is 4.61. The van der Waals surface area contributed by atoms with Gasteiger partial charge in [0.2, 0.25) is 0 Å². The van der Waals surface area contributed by atoms with Crippen molar-refractivity contribution in [2.24, 2.45) is 5.73 Å². The Morgan fingerprint density at radius 2 is 1.68 bits per heavy atom. The highest BCUT2D eigenvalue weighted by Gasteiger charge is 2.20. The lowest BCUT2D eigenvalue weighted by atomic mass is 10.0. The Balaban J connectivity index is 1.91. The predicted molar refractivity (Wildman–Crippen MR) is 123 cm³/mol. The minimum Gasteiger partial charge on any atom is -0.366 e. The van der Waals surface area contributed by atoms with E-state index >= 15 is 0 Å². The molecule has 3 aromatic heterocycles. The highest BCUT2D eigenvalue weighted by Crippen LogP contribution is 2.36. The Labute approximate surface area is 187 Å². The van der Waals surface area contributed by atoms with Crippen LogP contribution in [-0.4, -0.2) is 25.4 Å². The van der Waals surface area contributed by atoms with Gasteiger partial charge in [-0.2, -0.15) is 0 Å². The summed E-state index contributed by atoms with van der Waals surface area (Å²) in [6.07, 6.45) is 5.07. The zero-order valence-electron chi connectivity index (χ0n) is 16.3. The number of hydrogen-bond acceptors (Lipinski definition) is 4. The van der Waals surface area contributed by atoms with Crippen molar-refractivity contribution in [3.8, 4) is 16.8 Å². The van der Waals surface area contributed by atoms with Crippen LogP contribution in [0.15, 0.2) is 61.1 Å². The van der Waals surface area contributed by atoms with E-state index in [1.54, 1.807) is 36.8 Å². The topological polar surface area (TPSA) is 86.7 Å². The van der Waals surface area contributed by atoms with E-state index in [9.17, 15) is 4.79 Å². The number of primary amides is 1. The normalized spacial score (nSPS) is 11.3. The molecule has 3 heterocycles. The molecule has 5 rings (SSSR count). The SMILES string of the molecule is Cc1nc2c(C(N)=O)cc(-c3ccncc3)cc2n1-c1ccnc2c(Cl)ccc(Cl)c12. The summed E-state index contributed by atoms with van der Waals surface area (Å²) >= 11 is 12.9. The number of fused-ring (bicyclic) bond motifs is 2. The Morgan fingerprint density at radius 3 is 2.42 bits per heavy atom. The summed E-state index contributed by atoms with van der Waals surface area (Å²) in [6.45, 7) is 1.86. The zero-order chi connectivity index (χ0) is 21.7. The fraction of sp³-hybridized carbons (Fsp3) is 0.0435. The van der Waals surface area contributed by atoms with Gasteiger partial charge in [-0.25, -0.2) is 4.98 Å². The third-order valence-corrected chi connectivity index (χ3v) is 5.84. The summed E-state index contributed by atoms with van der Waals surface area (Å²) in [5.74, 6) is 0.124. The number of halogens is 2. The van der Waals surface area contributed by atoms with Crippen molar-refractivity contribution in [1.82, 2.24) is 19.5 Å². The molecule has 6 nitrogen and oxygen atoms in total. The van der Waals surface area contributed by atoms with Gasteiger partial charge in [0.1, 0.15) is 11.3 Å². The summed E-state index contributed by atoms with van der Waals surface area (Å²) in [4.78, 5) is 25.4. The molecule has 0 aliphatic rings. The molecule has 31 heavy (non-hydrogen) atoms. The average molecular weight is 448 g/mol. The van der Waals surface area contributed by atoms with Gasteiger partial charge in [-0.1, -0.05) is 23.2 Å². The van der Waals surface area contributed by atoms with Crippen LogP contribution in [-0.2, 0) is 0 Å². The van der Waals surface area contributed by atoms with Gasteiger partial charge in [0.25, 0.3) is 5.91 Å². The van der Waals surface area contributed by atoms with Crippen LogP contribution >= 0.6 is 23.2 Å². The predicted octanol–water partition coefficient (Wildman–Crippen LogP) is 5.35. The number of carbonyl (C=O) groups excluding carboxylic acids is 1. The number of benzene rings is 2. The molecule has 0 aliphatic carbocycles. The van der Waals surface area contributed by atoms with E-state index in [2.05, 4.69) is 15.0 Å². The molecule has 0 unspecified atom stereocenters. The summed E-state index contributed by atoms with van der Waals surface area (Å²) in [7, 11) is 0. The molecule has 152 valence electrons. The molecular weight excluding hydrogens is 433 g/mol. The maximum Gasteiger partial charge on any atom is 0.250 e. The van der Waals surface area contributed by atoms with Gasteiger partial charge in [0.05, 0.1) is 32.3 Å². The molecular formula is C23H15Cl2N5O. The van der Waals surface area contributed by atoms with E-state index in [0.29, 0.717) is 37.9 Å². The van der Waals surface area contributed by atoms with Gasteiger partial charge in [0, 0.05) is 24.0 Å². The highest BCUT2D eigenvalue weighted by atomic mass is 35.5. The quantitative estimate of drug-likeness (QED) is 0.403. The van der Waals surface area contributed by atoms with Gasteiger partial charge >= 0.3 is 0 Å². The fourth-order valence-corrected chi connectivity index (χ4v) is 4.31. The van der Waals surface area contributed by atoms with Gasteiger partial charge in [-0.05, 0) is 60.5 Å². The molecule has 8 heteroatoms. The molecule has 0 spiro atoms. The number of aromatic nitrogens is 4. The molecule has 0 saturated carbocycles. The third-order valence-electron chi connectivity index (χ3n) is 5.22. The smallest absolute Gasteiger partial charge is 0.250 e. The molecule has 0 fully saturated rings. The largest absolute Gasteiger partial charge is 0.366 e. The lowest BCUT2D eigenvalue weighted by Crippen LogP contribution is -2.12. The van der Waals surface area contributed by atoms with E-state index in [4.69, 9.17) is 28.9 Å². The van der Waals surface area contributed by atoms with Crippen molar-refractivity contribution in [1.29, 1.82) is 0 Å². The van der Waals surface area contributed by atoms with Crippen molar-refractivity contribution >= 4 is 51.0 Å². The molecule has 0 bridgehead atoms. The number of hydrogen-bond donors (Lipinski definition) is 1. The van der Waals surface area contributed by atoms with E-state index in [1.807, 2.05) is 35.8 Å². The lowest BCUT2D eigenvalue weighted by Gasteiger charge is -2.13. The first-order chi connectivity index (χ1) is 15.0. The first-order valence-corrected chi connectivity index (χ1v) is 10.2. The van der Waals surface area contributed by atoms with Crippen LogP contribution in [0.2, 0.25) is 10.0 Å². The lowest BCUT2D eigenvalue weighted by molar-refractivity contribution is 0.100. The standard InChI is InChI=1S/C23H15Cl2N5O/c1-12-29-21-15(23(26)31)10-14(13-4-7-27-8-5-13)11-19(21)30(12)18-6-9-28-22-17(25)3-2-16(24)20(18)22/h2-11H,1H3,(H2,26,31). The van der Waals surface area contributed by atoms with Gasteiger partial charge in [0.15, 0.2) is 0 Å². The molecule has 1 amide bonds. The molecule has 0 atom stereocenters. The second kappa shape index (κ2) is 7.34. The van der Waals surface area contributed by atoms with E-state index in [1.165, 1.54) is 0 Å². The van der Waals surface area contributed by atoms with E-state index in [-0.39, 0.29) is 0 Å². The molecule has 0 radical (unpaired) electrons. The van der Waals surface area contributed by atoms with Crippen molar-refractivity contribution in [3.05, 3.63) is 82.5 Å². The van der Waals surface area contributed by atoms with Crippen molar-refractivity contribution in [3.63, 3.8) is 0 Å². The third kappa shape index (κ3) is 3.12. The molecule has 2 N–H and O–H groups in total. The first-order valence-electron chi connectivity index (χ1n) is 9.42. The van der Waals surface area contributed by atoms with Crippen LogP contribution in [0.25, 0.3) is 38.8 Å². The number of nitrogens with zero attached hydrogens (tertiary/aromatic N) is 4. The number of pyridine rings is 2. The van der Waals surface area contributed by atoms with Gasteiger partial charge in [-0.15, -0.1) is 0 Å². The molecule has 5 aromatic rings. The Hall–Kier alpha value is -3.48. The van der Waals surface area contributed by atoms with Crippen LogP contribution in [0.3, 0.4) is 0 Å². The summed E-state index contributed by atoms with van der Waals surface area (Å²) < 4.78 is 1.94. The molecule has 2 aromatic carbocycles. The maximum atomic E-state index is 12.3. The fourth-order valence-electron chi connectivity index (χ4n) is 3.86. The molecule has 0 aliphatic heterocycles. The highest BCUT2D eigenvalue weighted by molar-refractivity contribution is 6.40. The van der Waals surface area contributed by atoms with Crippen molar-refractivity contribution in [2.45, 2.75) is 6.92 Å². The van der Waals surface area contributed by atoms with Crippen LogP contribution in [0.4, 0.5) is 0 Å². The Morgan fingerprint density at radius 1 is 0.935 bits per heavy atom. The van der Waals surface area contributed by atoms with Crippen molar-refractivity contribution < 1.29 is 4.79 Å². The average Bonchev–Trinajstić information content (AvgIpc) is 3.11. The van der Waals surface area contributed by atoms with E-state index < -0.39 is 5.91 Å². The minimum atomic E-state index is -0.550. The van der Waals surface area contributed by atoms with Crippen molar-refractivity contribution in [2.75, 3.05) is 0 Å². The molecule has 0 saturated heterocycles. The number of rotatable bonds is 3. The van der Waals surface area contributed by atoms with Crippen LogP contribution in [0.5, 0.6) is 0 Å². The van der Waals surface area contributed by atoms with Crippen LogP contribution in [0.1, 0.15) is 16.2 Å². The van der Waals surface area contributed by atoms with Gasteiger partial charge in [-0.3, -0.25) is 19.3 Å². The second-order valence-electron chi connectivity index (χ2n) is 7.07. The maximum absolute atomic E-state index is 12.3. The van der Waals surface area contributed by atoms with E-state index in [0.717, 1.165) is 22.3 Å². The first kappa shape index (κ1) is 19.5. The monoisotopic (exact) mass is 447 g/mol. The summed E-state index contributed by atoms with van der Waals surface area (Å²) in [5.41, 5.74) is 10.4. The summed E-state index contributed by atoms with van der Waals surface area (Å²) in [5, 5.41) is 1.72. The van der Waals surface area contributed by atoms with Gasteiger partial charge < -0.3 is 5.73 Å². The summed E-state index contributed by atoms with van der Waals surface area (Å²) in [6, 6.07) is 12.8. The second-order valence-corrected chi connectivity index (χ2v) is 7.88. The zero-order valence-corrected chi connectivity index (χ0v) is 17.8. The number of aryl methyl sites for hydroxylation is 1. The number of imidazole rings is 1.